The van der Waals surface area contributed by atoms with Crippen molar-refractivity contribution in [2.45, 2.75) is 19.0 Å². The Morgan fingerprint density at radius 2 is 2.06 bits per heavy atom. The molecule has 6 heteroatoms. The molecule has 2 rings (SSSR count). The standard InChI is InChI=1S/C11H12F3N3/c12-11(13,14)9-4-1-3-8-7-16-10(17(8)9)5-2-6-15/h1,3-4,7H,2,5-6,15H2. The van der Waals surface area contributed by atoms with Gasteiger partial charge in [-0.1, -0.05) is 6.07 Å². The predicted octanol–water partition coefficient (Wildman–Crippen LogP) is 2.24. The Hall–Kier alpha value is -1.56. The number of nitrogens with zero attached hydrogens (tertiary/aromatic N) is 2. The number of pyridine rings is 1. The number of aryl methyl sites for hydroxylation is 1. The zero-order valence-electron chi connectivity index (χ0n) is 9.04. The number of rotatable bonds is 3. The fourth-order valence-electron chi connectivity index (χ4n) is 1.77. The third kappa shape index (κ3) is 2.26. The summed E-state index contributed by atoms with van der Waals surface area (Å²) in [5.41, 5.74) is 5.11. The second-order valence-corrected chi connectivity index (χ2v) is 3.74. The van der Waals surface area contributed by atoms with Crippen LogP contribution in [0.4, 0.5) is 13.2 Å². The van der Waals surface area contributed by atoms with E-state index < -0.39 is 11.9 Å². The first-order valence-electron chi connectivity index (χ1n) is 5.26. The largest absolute Gasteiger partial charge is 0.431 e. The van der Waals surface area contributed by atoms with Gasteiger partial charge >= 0.3 is 6.18 Å². The molecule has 0 radical (unpaired) electrons. The Morgan fingerprint density at radius 3 is 2.71 bits per heavy atom. The van der Waals surface area contributed by atoms with E-state index in [2.05, 4.69) is 4.98 Å². The van der Waals surface area contributed by atoms with Gasteiger partial charge in [0.25, 0.3) is 0 Å². The molecule has 0 amide bonds. The van der Waals surface area contributed by atoms with Crippen LogP contribution in [0.25, 0.3) is 5.52 Å². The van der Waals surface area contributed by atoms with Gasteiger partial charge in [0.2, 0.25) is 0 Å². The predicted molar refractivity (Wildman–Crippen MR) is 57.6 cm³/mol. The molecule has 0 unspecified atom stereocenters. The summed E-state index contributed by atoms with van der Waals surface area (Å²) in [6, 6.07) is 4.04. The lowest BCUT2D eigenvalue weighted by atomic mass is 10.2. The topological polar surface area (TPSA) is 43.3 Å². The number of imidazole rings is 1. The van der Waals surface area contributed by atoms with Crippen molar-refractivity contribution in [3.8, 4) is 0 Å². The maximum Gasteiger partial charge on any atom is 0.431 e. The third-order valence-electron chi connectivity index (χ3n) is 2.52. The summed E-state index contributed by atoms with van der Waals surface area (Å²) in [5.74, 6) is 0.401. The average Bonchev–Trinajstić information content (AvgIpc) is 2.68. The molecule has 0 saturated heterocycles. The van der Waals surface area contributed by atoms with Crippen molar-refractivity contribution in [2.75, 3.05) is 6.54 Å². The van der Waals surface area contributed by atoms with E-state index in [-0.39, 0.29) is 0 Å². The molecule has 2 heterocycles. The van der Waals surface area contributed by atoms with Crippen molar-refractivity contribution in [1.82, 2.24) is 9.38 Å². The van der Waals surface area contributed by atoms with Crippen LogP contribution in [-0.4, -0.2) is 15.9 Å². The summed E-state index contributed by atoms with van der Waals surface area (Å²) < 4.78 is 39.6. The van der Waals surface area contributed by atoms with E-state index in [1.165, 1.54) is 12.3 Å². The lowest BCUT2D eigenvalue weighted by Crippen LogP contribution is -2.13. The summed E-state index contributed by atoms with van der Waals surface area (Å²) in [5, 5.41) is 0. The van der Waals surface area contributed by atoms with Crippen molar-refractivity contribution in [1.29, 1.82) is 0 Å². The van der Waals surface area contributed by atoms with Gasteiger partial charge in [0.15, 0.2) is 0 Å². The van der Waals surface area contributed by atoms with Gasteiger partial charge in [0.05, 0.1) is 11.7 Å². The monoisotopic (exact) mass is 243 g/mol. The van der Waals surface area contributed by atoms with Crippen LogP contribution in [0.5, 0.6) is 0 Å². The number of nitrogens with two attached hydrogens (primary N) is 1. The molecule has 0 aliphatic rings. The highest BCUT2D eigenvalue weighted by Gasteiger charge is 2.33. The number of halogens is 3. The first-order valence-corrected chi connectivity index (χ1v) is 5.26. The van der Waals surface area contributed by atoms with Gasteiger partial charge < -0.3 is 5.73 Å². The third-order valence-corrected chi connectivity index (χ3v) is 2.52. The SMILES string of the molecule is NCCCc1ncc2cccc(C(F)(F)F)n12. The molecule has 0 atom stereocenters. The van der Waals surface area contributed by atoms with Crippen LogP contribution in [0.3, 0.4) is 0 Å². The normalized spacial score (nSPS) is 12.2. The molecule has 0 fully saturated rings. The Balaban J connectivity index is 2.56. The van der Waals surface area contributed by atoms with E-state index in [1.807, 2.05) is 0 Å². The van der Waals surface area contributed by atoms with Crippen LogP contribution in [0, 0.1) is 0 Å². The molecule has 92 valence electrons. The van der Waals surface area contributed by atoms with E-state index in [0.29, 0.717) is 30.7 Å². The lowest BCUT2D eigenvalue weighted by molar-refractivity contribution is -0.142. The molecule has 0 spiro atoms. The van der Waals surface area contributed by atoms with Crippen molar-refractivity contribution >= 4 is 5.52 Å². The van der Waals surface area contributed by atoms with Gasteiger partial charge in [-0.05, 0) is 25.1 Å². The summed E-state index contributed by atoms with van der Waals surface area (Å²) in [7, 11) is 0. The molecular weight excluding hydrogens is 231 g/mol. The number of hydrogen-bond acceptors (Lipinski definition) is 2. The van der Waals surface area contributed by atoms with Crippen LogP contribution in [0.2, 0.25) is 0 Å². The Bertz CT molecular complexity index is 516. The molecular formula is C11H12F3N3. The number of fused-ring (bicyclic) bond motifs is 1. The minimum absolute atomic E-state index is 0.401. The minimum atomic E-state index is -4.38. The summed E-state index contributed by atoms with van der Waals surface area (Å²) in [4.78, 5) is 4.01. The molecule has 2 aromatic heterocycles. The molecule has 0 aromatic carbocycles. The van der Waals surface area contributed by atoms with Gasteiger partial charge in [-0.25, -0.2) is 4.98 Å². The summed E-state index contributed by atoms with van der Waals surface area (Å²) in [6.45, 7) is 0.434. The highest BCUT2D eigenvalue weighted by molar-refractivity contribution is 5.48. The molecule has 2 N–H and O–H groups in total. The van der Waals surface area contributed by atoms with Gasteiger partial charge in [-0.15, -0.1) is 0 Å². The summed E-state index contributed by atoms with van der Waals surface area (Å²) in [6.07, 6.45) is -1.87. The van der Waals surface area contributed by atoms with Crippen LogP contribution in [0.1, 0.15) is 17.9 Å². The van der Waals surface area contributed by atoms with Crippen LogP contribution < -0.4 is 5.73 Å². The van der Waals surface area contributed by atoms with Crippen molar-refractivity contribution in [3.63, 3.8) is 0 Å². The van der Waals surface area contributed by atoms with Gasteiger partial charge in [0, 0.05) is 6.42 Å². The first-order chi connectivity index (χ1) is 8.04. The Morgan fingerprint density at radius 1 is 1.29 bits per heavy atom. The quantitative estimate of drug-likeness (QED) is 0.898. The smallest absolute Gasteiger partial charge is 0.330 e. The van der Waals surface area contributed by atoms with Gasteiger partial charge in [-0.3, -0.25) is 4.40 Å². The van der Waals surface area contributed by atoms with Crippen LogP contribution >= 0.6 is 0 Å². The van der Waals surface area contributed by atoms with Crippen LogP contribution in [-0.2, 0) is 12.6 Å². The number of aromatic nitrogens is 2. The van der Waals surface area contributed by atoms with E-state index in [1.54, 1.807) is 6.07 Å². The fourth-order valence-corrected chi connectivity index (χ4v) is 1.77. The fraction of sp³-hybridized carbons (Fsp3) is 0.364. The second-order valence-electron chi connectivity index (χ2n) is 3.74. The van der Waals surface area contributed by atoms with Crippen molar-refractivity contribution in [2.24, 2.45) is 5.73 Å². The molecule has 0 saturated carbocycles. The van der Waals surface area contributed by atoms with E-state index in [0.717, 1.165) is 10.5 Å². The molecule has 3 nitrogen and oxygen atoms in total. The highest BCUT2D eigenvalue weighted by atomic mass is 19.4. The first kappa shape index (κ1) is 11.9. The molecule has 0 bridgehead atoms. The van der Waals surface area contributed by atoms with E-state index in [9.17, 15) is 13.2 Å². The Kier molecular flexibility index (Phi) is 3.06. The highest BCUT2D eigenvalue weighted by Crippen LogP contribution is 2.30. The molecule has 0 aliphatic heterocycles. The number of hydrogen-bond donors (Lipinski definition) is 1. The second kappa shape index (κ2) is 4.37. The minimum Gasteiger partial charge on any atom is -0.330 e. The maximum atomic E-state index is 12.8. The van der Waals surface area contributed by atoms with Crippen molar-refractivity contribution < 1.29 is 13.2 Å². The maximum absolute atomic E-state index is 12.8. The molecule has 0 aliphatic carbocycles. The van der Waals surface area contributed by atoms with Gasteiger partial charge in [0.1, 0.15) is 11.5 Å². The zero-order chi connectivity index (χ0) is 12.5. The Labute approximate surface area is 96.1 Å². The molecule has 17 heavy (non-hydrogen) atoms. The molecule has 2 aromatic rings. The average molecular weight is 243 g/mol. The van der Waals surface area contributed by atoms with Gasteiger partial charge in [-0.2, -0.15) is 13.2 Å². The summed E-state index contributed by atoms with van der Waals surface area (Å²) >= 11 is 0. The zero-order valence-corrected chi connectivity index (χ0v) is 9.04. The lowest BCUT2D eigenvalue weighted by Gasteiger charge is -2.11. The van der Waals surface area contributed by atoms with E-state index in [4.69, 9.17) is 5.73 Å². The number of alkyl halides is 3. The van der Waals surface area contributed by atoms with Crippen LogP contribution in [0.15, 0.2) is 24.4 Å². The van der Waals surface area contributed by atoms with Crippen molar-refractivity contribution in [3.05, 3.63) is 35.9 Å². The van der Waals surface area contributed by atoms with E-state index >= 15 is 0 Å².